The topological polar surface area (TPSA) is 212 Å². The van der Waals surface area contributed by atoms with Crippen LogP contribution in [0.5, 0.6) is 0 Å². The number of nitrogens with zero attached hydrogens (tertiary/aromatic N) is 5. The molecule has 17 heteroatoms. The first-order valence-corrected chi connectivity index (χ1v) is 15.5. The number of anilines is 2. The van der Waals surface area contributed by atoms with Crippen molar-refractivity contribution in [1.29, 1.82) is 0 Å². The maximum Gasteiger partial charge on any atom is 0.490 e. The predicted octanol–water partition coefficient (Wildman–Crippen LogP) is 1.38. The molecule has 1 aliphatic carbocycles. The molecule has 0 unspecified atom stereocenters. The fraction of sp³-hybridized carbons (Fsp3) is 0.406. The summed E-state index contributed by atoms with van der Waals surface area (Å²) in [6.07, 6.45) is -4.82. The first-order chi connectivity index (χ1) is 23.4. The summed E-state index contributed by atoms with van der Waals surface area (Å²) in [5, 5.41) is 44.0. The largest absolute Gasteiger partial charge is 0.490 e. The summed E-state index contributed by atoms with van der Waals surface area (Å²) in [4.78, 5) is 37.1. The number of aliphatic carboxylic acids is 1. The number of hydrogen-bond donors (Lipinski definition) is 7. The molecule has 4 aromatic rings. The minimum Gasteiger partial charge on any atom is -0.475 e. The van der Waals surface area contributed by atoms with Gasteiger partial charge in [0.15, 0.2) is 17.0 Å². The standard InChI is InChI=1S/C30H36N8O4.C2HF3O2/c31-20-11-12-37(15-20)30-35-28(32-14-21(18-7-3-1-4-8-18)19-9-5-2-6-10-19)25-29(36-30)38(17-33-25)23-13-22(26(41)27(23)42)34-24(40)16-39;3-2(4,5)1(6)7/h1-10,17,20-23,26-27,39,41-42H,11-16,31H2,(H,34,40)(H,32,35,36);(H,6,7)/t20-,22+,23-,26-,27+;/m1./s1. The van der Waals surface area contributed by atoms with Crippen molar-refractivity contribution in [2.45, 2.75) is 55.3 Å². The third-order valence-electron chi connectivity index (χ3n) is 8.54. The monoisotopic (exact) mass is 686 g/mol. The van der Waals surface area contributed by atoms with Gasteiger partial charge in [-0.25, -0.2) is 9.78 Å². The molecule has 0 bridgehead atoms. The molecule has 1 saturated heterocycles. The molecular weight excluding hydrogens is 649 g/mol. The summed E-state index contributed by atoms with van der Waals surface area (Å²) >= 11 is 0. The zero-order chi connectivity index (χ0) is 35.3. The second kappa shape index (κ2) is 15.1. The summed E-state index contributed by atoms with van der Waals surface area (Å²) in [5.41, 5.74) is 9.57. The second-order valence-corrected chi connectivity index (χ2v) is 11.9. The van der Waals surface area contributed by atoms with Crippen LogP contribution in [0.25, 0.3) is 11.2 Å². The average molecular weight is 687 g/mol. The Hall–Kier alpha value is -4.84. The number of aromatic nitrogens is 4. The summed E-state index contributed by atoms with van der Waals surface area (Å²) in [5.74, 6) is -2.26. The maximum absolute atomic E-state index is 11.8. The highest BCUT2D eigenvalue weighted by Crippen LogP contribution is 2.35. The quantitative estimate of drug-likeness (QED) is 0.133. The van der Waals surface area contributed by atoms with Gasteiger partial charge in [-0.2, -0.15) is 23.1 Å². The van der Waals surface area contributed by atoms with E-state index in [0.29, 0.717) is 36.0 Å². The van der Waals surface area contributed by atoms with Gasteiger partial charge in [0.2, 0.25) is 11.9 Å². The van der Waals surface area contributed by atoms with Crippen molar-refractivity contribution in [1.82, 2.24) is 24.8 Å². The molecule has 8 N–H and O–H groups in total. The van der Waals surface area contributed by atoms with Crippen LogP contribution in [-0.4, -0.2) is 109 Å². The molecule has 2 aliphatic rings. The number of halogens is 3. The van der Waals surface area contributed by atoms with Crippen molar-refractivity contribution >= 4 is 34.8 Å². The van der Waals surface area contributed by atoms with Crippen molar-refractivity contribution in [2.24, 2.45) is 5.73 Å². The summed E-state index contributed by atoms with van der Waals surface area (Å²) in [6.45, 7) is 1.19. The zero-order valence-corrected chi connectivity index (χ0v) is 26.1. The average Bonchev–Trinajstić information content (AvgIpc) is 3.79. The number of carboxylic acid groups (broad SMARTS) is 1. The minimum atomic E-state index is -5.08. The van der Waals surface area contributed by atoms with Gasteiger partial charge in [0.05, 0.1) is 18.4 Å². The van der Waals surface area contributed by atoms with Crippen LogP contribution in [0.1, 0.15) is 35.9 Å². The van der Waals surface area contributed by atoms with E-state index in [-0.39, 0.29) is 18.4 Å². The Bertz CT molecular complexity index is 1690. The van der Waals surface area contributed by atoms with E-state index in [4.69, 9.17) is 30.7 Å². The van der Waals surface area contributed by atoms with Crippen LogP contribution < -0.4 is 21.3 Å². The Labute approximate surface area is 278 Å². The van der Waals surface area contributed by atoms with Crippen molar-refractivity contribution in [3.8, 4) is 0 Å². The van der Waals surface area contributed by atoms with E-state index in [2.05, 4.69) is 39.9 Å². The Kier molecular flexibility index (Phi) is 11.0. The third-order valence-corrected chi connectivity index (χ3v) is 8.54. The molecule has 1 amide bonds. The van der Waals surface area contributed by atoms with Crippen LogP contribution in [0.2, 0.25) is 0 Å². The number of alkyl halides is 3. The SMILES string of the molecule is N[C@@H]1CCN(c2nc(NCC(c3ccccc3)c3ccccc3)c3ncn([C@@H]4C[C@H](NC(=O)CO)[C@@H](O)[C@H]4O)c3n2)C1.O=C(O)C(F)(F)F. The Morgan fingerprint density at radius 1 is 1.00 bits per heavy atom. The number of carboxylic acids is 1. The molecule has 49 heavy (non-hydrogen) atoms. The Balaban J connectivity index is 0.000000606. The summed E-state index contributed by atoms with van der Waals surface area (Å²) in [6, 6.07) is 19.3. The lowest BCUT2D eigenvalue weighted by Crippen LogP contribution is -2.44. The first kappa shape index (κ1) is 35.5. The highest BCUT2D eigenvalue weighted by Gasteiger charge is 2.44. The molecule has 1 saturated carbocycles. The number of carbonyl (C=O) groups excluding carboxylic acids is 1. The highest BCUT2D eigenvalue weighted by molar-refractivity contribution is 5.84. The van der Waals surface area contributed by atoms with Crippen molar-refractivity contribution < 1.29 is 43.2 Å². The van der Waals surface area contributed by atoms with Gasteiger partial charge in [-0.15, -0.1) is 0 Å². The molecule has 3 heterocycles. The fourth-order valence-corrected chi connectivity index (χ4v) is 6.06. The lowest BCUT2D eigenvalue weighted by atomic mass is 9.91. The van der Waals surface area contributed by atoms with Gasteiger partial charge in [0.1, 0.15) is 18.8 Å². The lowest BCUT2D eigenvalue weighted by molar-refractivity contribution is -0.192. The van der Waals surface area contributed by atoms with Crippen LogP contribution in [0.15, 0.2) is 67.0 Å². The normalized spacial score (nSPS) is 22.2. The predicted molar refractivity (Wildman–Crippen MR) is 172 cm³/mol. The number of aliphatic hydroxyl groups excluding tert-OH is 3. The van der Waals surface area contributed by atoms with Gasteiger partial charge in [-0.05, 0) is 24.0 Å². The van der Waals surface area contributed by atoms with Crippen LogP contribution in [0, 0.1) is 0 Å². The van der Waals surface area contributed by atoms with Gasteiger partial charge in [0.25, 0.3) is 0 Å². The van der Waals surface area contributed by atoms with Crippen LogP contribution in [-0.2, 0) is 9.59 Å². The maximum atomic E-state index is 11.8. The van der Waals surface area contributed by atoms with E-state index in [0.717, 1.165) is 24.1 Å². The lowest BCUT2D eigenvalue weighted by Gasteiger charge is -2.22. The molecule has 0 spiro atoms. The number of fused-ring (bicyclic) bond motifs is 1. The number of nitrogens with one attached hydrogen (secondary N) is 2. The van der Waals surface area contributed by atoms with E-state index in [1.807, 2.05) is 41.3 Å². The number of amides is 1. The van der Waals surface area contributed by atoms with Crippen molar-refractivity contribution in [2.75, 3.05) is 36.5 Å². The summed E-state index contributed by atoms with van der Waals surface area (Å²) < 4.78 is 33.5. The number of carbonyl (C=O) groups is 2. The van der Waals surface area contributed by atoms with Crippen molar-refractivity contribution in [3.63, 3.8) is 0 Å². The number of benzene rings is 2. The molecule has 14 nitrogen and oxygen atoms in total. The van der Waals surface area contributed by atoms with Gasteiger partial charge >= 0.3 is 12.1 Å². The van der Waals surface area contributed by atoms with E-state index >= 15 is 0 Å². The van der Waals surface area contributed by atoms with Crippen LogP contribution in [0.3, 0.4) is 0 Å². The van der Waals surface area contributed by atoms with E-state index in [1.54, 1.807) is 10.9 Å². The molecule has 1 aliphatic heterocycles. The second-order valence-electron chi connectivity index (χ2n) is 11.9. The van der Waals surface area contributed by atoms with Crippen LogP contribution in [0.4, 0.5) is 24.9 Å². The first-order valence-electron chi connectivity index (χ1n) is 15.5. The van der Waals surface area contributed by atoms with Gasteiger partial charge in [0, 0.05) is 31.6 Å². The molecule has 2 aromatic heterocycles. The Morgan fingerprint density at radius 3 is 2.14 bits per heavy atom. The molecule has 2 aromatic carbocycles. The smallest absolute Gasteiger partial charge is 0.475 e. The van der Waals surface area contributed by atoms with Gasteiger partial charge in [-0.3, -0.25) is 4.79 Å². The number of hydrogen-bond acceptors (Lipinski definition) is 11. The Morgan fingerprint density at radius 2 is 1.61 bits per heavy atom. The zero-order valence-electron chi connectivity index (χ0n) is 26.1. The molecule has 2 fully saturated rings. The number of imidazole rings is 1. The third kappa shape index (κ3) is 8.25. The molecule has 262 valence electrons. The summed E-state index contributed by atoms with van der Waals surface area (Å²) in [7, 11) is 0. The molecule has 5 atom stereocenters. The molecular formula is C32H37F3N8O6. The van der Waals surface area contributed by atoms with Crippen LogP contribution >= 0.6 is 0 Å². The highest BCUT2D eigenvalue weighted by atomic mass is 19.4. The van der Waals surface area contributed by atoms with Crippen molar-refractivity contribution in [3.05, 3.63) is 78.1 Å². The minimum absolute atomic E-state index is 0.0221. The number of nitrogens with two attached hydrogens (primary N) is 1. The molecule has 0 radical (unpaired) electrons. The molecule has 6 rings (SSSR count). The van der Waals surface area contributed by atoms with E-state index < -0.39 is 49.0 Å². The van der Waals surface area contributed by atoms with E-state index in [9.17, 15) is 28.2 Å². The number of aliphatic hydroxyl groups is 3. The van der Waals surface area contributed by atoms with Gasteiger partial charge in [-0.1, -0.05) is 60.7 Å². The van der Waals surface area contributed by atoms with E-state index in [1.165, 1.54) is 0 Å². The fourth-order valence-electron chi connectivity index (χ4n) is 6.06. The number of rotatable bonds is 9. The van der Waals surface area contributed by atoms with Gasteiger partial charge < -0.3 is 46.3 Å².